The van der Waals surface area contributed by atoms with Gasteiger partial charge in [-0.2, -0.15) is 0 Å². The molecule has 0 aliphatic carbocycles. The Hall–Kier alpha value is -1.95. The molecule has 0 amide bonds. The normalized spacial score (nSPS) is 8.93. The van der Waals surface area contributed by atoms with E-state index < -0.39 is 5.97 Å². The van der Waals surface area contributed by atoms with Crippen molar-refractivity contribution in [1.82, 2.24) is 0 Å². The molecule has 0 unspecified atom stereocenters. The van der Waals surface area contributed by atoms with Gasteiger partial charge in [0.25, 0.3) is 0 Å². The molecule has 1 aromatic rings. The molecule has 0 fully saturated rings. The van der Waals surface area contributed by atoms with Crippen LogP contribution in [0.15, 0.2) is 18.2 Å². The van der Waals surface area contributed by atoms with Gasteiger partial charge in [-0.3, -0.25) is 0 Å². The van der Waals surface area contributed by atoms with Crippen molar-refractivity contribution in [3.05, 3.63) is 29.3 Å². The molecule has 78 valence electrons. The topological polar surface area (TPSA) is 46.5 Å². The first-order chi connectivity index (χ1) is 7.11. The maximum absolute atomic E-state index is 10.9. The Labute approximate surface area is 88.7 Å². The summed E-state index contributed by atoms with van der Waals surface area (Å²) < 4.78 is 4.65. The van der Waals surface area contributed by atoms with Gasteiger partial charge in [0.15, 0.2) is 0 Å². The molecule has 1 aromatic carbocycles. The second-order valence-electron chi connectivity index (χ2n) is 3.03. The van der Waals surface area contributed by atoms with Gasteiger partial charge in [-0.05, 0) is 37.6 Å². The molecule has 0 saturated heterocycles. The lowest BCUT2D eigenvalue weighted by Crippen LogP contribution is -1.99. The zero-order valence-electron chi connectivity index (χ0n) is 8.70. The minimum Gasteiger partial charge on any atom is -0.508 e. The minimum atomic E-state index is -0.557. The van der Waals surface area contributed by atoms with Crippen molar-refractivity contribution >= 4 is 5.97 Å². The second kappa shape index (κ2) is 5.06. The molecule has 1 rings (SSSR count). The number of phenolic OH excluding ortho intramolecular Hbond substituents is 1. The SMILES string of the molecule is CCOC(=O)C#Cc1cc(C)cc(O)c1. The van der Waals surface area contributed by atoms with E-state index >= 15 is 0 Å². The number of hydrogen-bond donors (Lipinski definition) is 1. The molecule has 0 saturated carbocycles. The summed E-state index contributed by atoms with van der Waals surface area (Å²) >= 11 is 0. The summed E-state index contributed by atoms with van der Waals surface area (Å²) in [6, 6.07) is 4.90. The average molecular weight is 204 g/mol. The van der Waals surface area contributed by atoms with E-state index in [4.69, 9.17) is 0 Å². The summed E-state index contributed by atoms with van der Waals surface area (Å²) in [7, 11) is 0. The van der Waals surface area contributed by atoms with Crippen molar-refractivity contribution in [1.29, 1.82) is 0 Å². The van der Waals surface area contributed by atoms with Crippen LogP contribution < -0.4 is 0 Å². The van der Waals surface area contributed by atoms with Crippen LogP contribution in [-0.2, 0) is 9.53 Å². The van der Waals surface area contributed by atoms with Gasteiger partial charge in [-0.25, -0.2) is 4.79 Å². The maximum Gasteiger partial charge on any atom is 0.384 e. The molecule has 0 aliphatic rings. The monoisotopic (exact) mass is 204 g/mol. The zero-order chi connectivity index (χ0) is 11.3. The van der Waals surface area contributed by atoms with Gasteiger partial charge in [0, 0.05) is 11.5 Å². The lowest BCUT2D eigenvalue weighted by atomic mass is 10.1. The number of aromatic hydroxyl groups is 1. The van der Waals surface area contributed by atoms with E-state index in [1.54, 1.807) is 19.1 Å². The number of aryl methyl sites for hydroxylation is 1. The summed E-state index contributed by atoms with van der Waals surface area (Å²) in [6.07, 6.45) is 0. The third kappa shape index (κ3) is 3.74. The Balaban J connectivity index is 2.84. The molecule has 0 spiro atoms. The highest BCUT2D eigenvalue weighted by Gasteiger charge is 1.96. The van der Waals surface area contributed by atoms with E-state index in [2.05, 4.69) is 16.6 Å². The lowest BCUT2D eigenvalue weighted by molar-refractivity contribution is -0.136. The first-order valence-electron chi connectivity index (χ1n) is 4.61. The number of ether oxygens (including phenoxy) is 1. The first-order valence-corrected chi connectivity index (χ1v) is 4.61. The van der Waals surface area contributed by atoms with Crippen molar-refractivity contribution in [3.8, 4) is 17.6 Å². The van der Waals surface area contributed by atoms with Crippen LogP contribution >= 0.6 is 0 Å². The number of hydrogen-bond acceptors (Lipinski definition) is 3. The van der Waals surface area contributed by atoms with Crippen molar-refractivity contribution in [2.45, 2.75) is 13.8 Å². The molecule has 0 atom stereocenters. The molecular weight excluding hydrogens is 192 g/mol. The van der Waals surface area contributed by atoms with Crippen LogP contribution in [0.4, 0.5) is 0 Å². The van der Waals surface area contributed by atoms with Crippen LogP contribution in [-0.4, -0.2) is 17.7 Å². The van der Waals surface area contributed by atoms with Gasteiger partial charge in [0.1, 0.15) is 5.75 Å². The highest BCUT2D eigenvalue weighted by molar-refractivity contribution is 5.89. The number of carbonyl (C=O) groups is 1. The van der Waals surface area contributed by atoms with E-state index in [0.29, 0.717) is 12.2 Å². The van der Waals surface area contributed by atoms with E-state index in [0.717, 1.165) is 5.56 Å². The molecule has 0 heterocycles. The summed E-state index contributed by atoms with van der Waals surface area (Å²) in [5.41, 5.74) is 1.49. The molecular formula is C12H12O3. The Morgan fingerprint density at radius 3 is 2.80 bits per heavy atom. The number of benzene rings is 1. The van der Waals surface area contributed by atoms with Crippen LogP contribution in [0, 0.1) is 18.8 Å². The predicted molar refractivity (Wildman–Crippen MR) is 56.4 cm³/mol. The standard InChI is InChI=1S/C12H12O3/c1-3-15-12(14)5-4-10-6-9(2)7-11(13)8-10/h6-8,13H,3H2,1-2H3. The van der Waals surface area contributed by atoms with E-state index in [-0.39, 0.29) is 5.75 Å². The Morgan fingerprint density at radius 2 is 2.20 bits per heavy atom. The van der Waals surface area contributed by atoms with Crippen LogP contribution in [0.3, 0.4) is 0 Å². The van der Waals surface area contributed by atoms with Crippen LogP contribution in [0.2, 0.25) is 0 Å². The van der Waals surface area contributed by atoms with E-state index in [9.17, 15) is 9.90 Å². The molecule has 1 N–H and O–H groups in total. The predicted octanol–water partition coefficient (Wildman–Crippen LogP) is 1.62. The fraction of sp³-hybridized carbons (Fsp3) is 0.250. The molecule has 0 aromatic heterocycles. The summed E-state index contributed by atoms with van der Waals surface area (Å²) in [6.45, 7) is 3.87. The molecule has 15 heavy (non-hydrogen) atoms. The maximum atomic E-state index is 10.9. The molecule has 0 aliphatic heterocycles. The third-order valence-electron chi connectivity index (χ3n) is 1.65. The number of phenols is 1. The van der Waals surface area contributed by atoms with Crippen LogP contribution in [0.1, 0.15) is 18.1 Å². The van der Waals surface area contributed by atoms with Crippen molar-refractivity contribution in [2.24, 2.45) is 0 Å². The lowest BCUT2D eigenvalue weighted by Gasteiger charge is -1.96. The van der Waals surface area contributed by atoms with E-state index in [1.807, 2.05) is 6.92 Å². The van der Waals surface area contributed by atoms with Crippen molar-refractivity contribution in [2.75, 3.05) is 6.61 Å². The summed E-state index contributed by atoms with van der Waals surface area (Å²) in [5, 5.41) is 9.28. The summed E-state index contributed by atoms with van der Waals surface area (Å²) in [5.74, 6) is 4.54. The average Bonchev–Trinajstić information content (AvgIpc) is 2.14. The number of carbonyl (C=O) groups excluding carboxylic acids is 1. The fourth-order valence-electron chi connectivity index (χ4n) is 1.13. The Morgan fingerprint density at radius 1 is 1.47 bits per heavy atom. The third-order valence-corrected chi connectivity index (χ3v) is 1.65. The fourth-order valence-corrected chi connectivity index (χ4v) is 1.13. The molecule has 0 radical (unpaired) electrons. The van der Waals surface area contributed by atoms with Gasteiger partial charge in [-0.15, -0.1) is 0 Å². The van der Waals surface area contributed by atoms with Gasteiger partial charge < -0.3 is 9.84 Å². The van der Waals surface area contributed by atoms with Gasteiger partial charge in [-0.1, -0.05) is 5.92 Å². The highest BCUT2D eigenvalue weighted by Crippen LogP contribution is 2.13. The van der Waals surface area contributed by atoms with Gasteiger partial charge in [0.05, 0.1) is 6.61 Å². The molecule has 3 heteroatoms. The number of esters is 1. The van der Waals surface area contributed by atoms with Gasteiger partial charge >= 0.3 is 5.97 Å². The van der Waals surface area contributed by atoms with Crippen molar-refractivity contribution < 1.29 is 14.6 Å². The Bertz CT molecular complexity index is 404. The number of rotatable bonds is 1. The van der Waals surface area contributed by atoms with Crippen molar-refractivity contribution in [3.63, 3.8) is 0 Å². The Kier molecular flexibility index (Phi) is 3.75. The highest BCUT2D eigenvalue weighted by atomic mass is 16.5. The second-order valence-corrected chi connectivity index (χ2v) is 3.03. The summed E-state index contributed by atoms with van der Waals surface area (Å²) in [4.78, 5) is 10.9. The smallest absolute Gasteiger partial charge is 0.384 e. The molecule has 3 nitrogen and oxygen atoms in total. The zero-order valence-corrected chi connectivity index (χ0v) is 8.70. The van der Waals surface area contributed by atoms with E-state index in [1.165, 1.54) is 6.07 Å². The van der Waals surface area contributed by atoms with Crippen LogP contribution in [0.5, 0.6) is 5.75 Å². The minimum absolute atomic E-state index is 0.142. The largest absolute Gasteiger partial charge is 0.508 e. The van der Waals surface area contributed by atoms with Crippen LogP contribution in [0.25, 0.3) is 0 Å². The van der Waals surface area contributed by atoms with Gasteiger partial charge in [0.2, 0.25) is 0 Å². The molecule has 0 bridgehead atoms. The quantitative estimate of drug-likeness (QED) is 0.558. The first kappa shape index (κ1) is 11.1.